The second-order valence-corrected chi connectivity index (χ2v) is 5.31. The first-order valence-electron chi connectivity index (χ1n) is 7.46. The number of aryl methyl sites for hydroxylation is 1. The minimum Gasteiger partial charge on any atom is -0.325 e. The summed E-state index contributed by atoms with van der Waals surface area (Å²) in [4.78, 5) is 4.71. The van der Waals surface area contributed by atoms with Crippen LogP contribution in [-0.2, 0) is 13.1 Å². The van der Waals surface area contributed by atoms with E-state index in [0.717, 1.165) is 27.9 Å². The Kier molecular flexibility index (Phi) is 3.24. The molecule has 0 atom stereocenters. The molecule has 0 amide bonds. The van der Waals surface area contributed by atoms with E-state index in [1.165, 1.54) is 0 Å². The number of nitrogens with zero attached hydrogens (tertiary/aromatic N) is 6. The van der Waals surface area contributed by atoms with Crippen molar-refractivity contribution in [1.29, 1.82) is 5.26 Å². The molecule has 0 N–H and O–H groups in total. The van der Waals surface area contributed by atoms with Gasteiger partial charge in [-0.15, -0.1) is 5.10 Å². The van der Waals surface area contributed by atoms with Gasteiger partial charge in [0.1, 0.15) is 17.9 Å². The van der Waals surface area contributed by atoms with Crippen molar-refractivity contribution in [2.45, 2.75) is 19.5 Å². The van der Waals surface area contributed by atoms with Crippen molar-refractivity contribution in [3.05, 3.63) is 54.4 Å². The molecule has 0 aliphatic heterocycles. The van der Waals surface area contributed by atoms with Crippen molar-refractivity contribution < 1.29 is 0 Å². The fraction of sp³-hybridized carbons (Fsp3) is 0.176. The molecular formula is C17H14N6. The van der Waals surface area contributed by atoms with Crippen LogP contribution in [0.2, 0.25) is 0 Å². The van der Waals surface area contributed by atoms with Gasteiger partial charge in [0.15, 0.2) is 0 Å². The Hall–Kier alpha value is -3.20. The first-order valence-corrected chi connectivity index (χ1v) is 7.46. The lowest BCUT2D eigenvalue weighted by Gasteiger charge is -2.07. The van der Waals surface area contributed by atoms with Crippen molar-refractivity contribution in [2.75, 3.05) is 0 Å². The van der Waals surface area contributed by atoms with Crippen molar-refractivity contribution >= 4 is 22.1 Å². The Morgan fingerprint density at radius 2 is 1.70 bits per heavy atom. The van der Waals surface area contributed by atoms with Crippen LogP contribution < -0.4 is 0 Å². The van der Waals surface area contributed by atoms with Crippen LogP contribution in [-0.4, -0.2) is 24.5 Å². The number of benzene rings is 2. The van der Waals surface area contributed by atoms with Gasteiger partial charge in [-0.1, -0.05) is 29.5 Å². The van der Waals surface area contributed by atoms with Crippen LogP contribution in [0.15, 0.2) is 48.5 Å². The van der Waals surface area contributed by atoms with Crippen LogP contribution in [0.1, 0.15) is 12.2 Å². The average Bonchev–Trinajstić information content (AvgIpc) is 3.15. The summed E-state index contributed by atoms with van der Waals surface area (Å²) in [5, 5.41) is 17.3. The van der Waals surface area contributed by atoms with Gasteiger partial charge in [-0.2, -0.15) is 5.26 Å². The first kappa shape index (κ1) is 13.5. The van der Waals surface area contributed by atoms with Crippen molar-refractivity contribution in [1.82, 2.24) is 24.5 Å². The summed E-state index contributed by atoms with van der Waals surface area (Å²) in [6, 6.07) is 18.0. The summed E-state index contributed by atoms with van der Waals surface area (Å²) in [6.07, 6.45) is 0.450. The van der Waals surface area contributed by atoms with E-state index >= 15 is 0 Å². The van der Waals surface area contributed by atoms with Gasteiger partial charge in [-0.3, -0.25) is 0 Å². The molecule has 0 bridgehead atoms. The second-order valence-electron chi connectivity index (χ2n) is 5.31. The summed E-state index contributed by atoms with van der Waals surface area (Å²) in [7, 11) is 0. The zero-order valence-electron chi connectivity index (χ0n) is 12.4. The molecular weight excluding hydrogens is 288 g/mol. The van der Waals surface area contributed by atoms with E-state index in [1.54, 1.807) is 0 Å². The highest BCUT2D eigenvalue weighted by molar-refractivity contribution is 5.76. The molecule has 0 unspecified atom stereocenters. The molecule has 0 saturated carbocycles. The molecule has 0 radical (unpaired) electrons. The fourth-order valence-corrected chi connectivity index (χ4v) is 2.83. The molecule has 6 nitrogen and oxygen atoms in total. The number of rotatable bonds is 4. The van der Waals surface area contributed by atoms with E-state index < -0.39 is 0 Å². The van der Waals surface area contributed by atoms with E-state index in [2.05, 4.69) is 20.9 Å². The minimum absolute atomic E-state index is 0.450. The zero-order chi connectivity index (χ0) is 15.6. The predicted molar refractivity (Wildman–Crippen MR) is 86.6 cm³/mol. The smallest absolute Gasteiger partial charge is 0.131 e. The average molecular weight is 302 g/mol. The molecule has 0 saturated heterocycles. The molecule has 0 spiro atoms. The topological polar surface area (TPSA) is 72.3 Å². The van der Waals surface area contributed by atoms with E-state index in [-0.39, 0.29) is 0 Å². The molecule has 6 heteroatoms. The Labute approximate surface area is 132 Å². The molecule has 0 aliphatic rings. The number of aromatic nitrogens is 5. The Balaban J connectivity index is 1.80. The summed E-state index contributed by atoms with van der Waals surface area (Å²) in [5.41, 5.74) is 3.82. The lowest BCUT2D eigenvalue weighted by atomic mass is 10.3. The summed E-state index contributed by atoms with van der Waals surface area (Å²) in [5.74, 6) is 0.886. The number of para-hydroxylation sites is 3. The quantitative estimate of drug-likeness (QED) is 0.581. The van der Waals surface area contributed by atoms with Gasteiger partial charge in [0, 0.05) is 6.54 Å². The number of hydrogen-bond acceptors (Lipinski definition) is 4. The minimum atomic E-state index is 0.450. The van der Waals surface area contributed by atoms with Gasteiger partial charge < -0.3 is 4.57 Å². The third kappa shape index (κ3) is 2.32. The molecule has 2 heterocycles. The largest absolute Gasteiger partial charge is 0.325 e. The standard InChI is InChI=1S/C17H14N6/c18-10-5-11-22-15-8-3-1-6-13(15)19-17(22)12-23-16-9-4-2-7-14(16)20-21-23/h1-4,6-9H,5,11-12H2. The van der Waals surface area contributed by atoms with Crippen LogP contribution in [0.3, 0.4) is 0 Å². The Bertz CT molecular complexity index is 1020. The third-order valence-electron chi connectivity index (χ3n) is 3.89. The number of fused-ring (bicyclic) bond motifs is 2. The molecule has 2 aromatic heterocycles. The van der Waals surface area contributed by atoms with Gasteiger partial charge >= 0.3 is 0 Å². The summed E-state index contributed by atoms with van der Waals surface area (Å²) in [6.45, 7) is 1.15. The fourth-order valence-electron chi connectivity index (χ4n) is 2.83. The number of hydrogen-bond donors (Lipinski definition) is 0. The monoisotopic (exact) mass is 302 g/mol. The van der Waals surface area contributed by atoms with Gasteiger partial charge in [-0.05, 0) is 24.3 Å². The van der Waals surface area contributed by atoms with Crippen LogP contribution in [0.5, 0.6) is 0 Å². The lowest BCUT2D eigenvalue weighted by Crippen LogP contribution is -2.10. The van der Waals surface area contributed by atoms with Crippen LogP contribution in [0.4, 0.5) is 0 Å². The van der Waals surface area contributed by atoms with E-state index in [0.29, 0.717) is 19.5 Å². The van der Waals surface area contributed by atoms with Gasteiger partial charge in [0.2, 0.25) is 0 Å². The van der Waals surface area contributed by atoms with Crippen LogP contribution >= 0.6 is 0 Å². The molecule has 0 fully saturated rings. The lowest BCUT2D eigenvalue weighted by molar-refractivity contribution is 0.599. The maximum Gasteiger partial charge on any atom is 0.131 e. The highest BCUT2D eigenvalue weighted by Crippen LogP contribution is 2.18. The van der Waals surface area contributed by atoms with E-state index in [4.69, 9.17) is 10.2 Å². The number of nitriles is 1. The maximum atomic E-state index is 8.91. The van der Waals surface area contributed by atoms with Gasteiger partial charge in [0.05, 0.1) is 29.0 Å². The Morgan fingerprint density at radius 3 is 2.52 bits per heavy atom. The molecule has 4 aromatic rings. The second kappa shape index (κ2) is 5.54. The van der Waals surface area contributed by atoms with E-state index in [1.807, 2.05) is 53.2 Å². The zero-order valence-corrected chi connectivity index (χ0v) is 12.4. The van der Waals surface area contributed by atoms with E-state index in [9.17, 15) is 0 Å². The molecule has 0 aliphatic carbocycles. The third-order valence-corrected chi connectivity index (χ3v) is 3.89. The maximum absolute atomic E-state index is 8.91. The van der Waals surface area contributed by atoms with Crippen molar-refractivity contribution in [2.24, 2.45) is 0 Å². The summed E-state index contributed by atoms with van der Waals surface area (Å²) >= 11 is 0. The van der Waals surface area contributed by atoms with Crippen LogP contribution in [0, 0.1) is 11.3 Å². The first-order chi connectivity index (χ1) is 11.4. The SMILES string of the molecule is N#CCCn1c(Cn2nnc3ccccc32)nc2ccccc21. The predicted octanol–water partition coefficient (Wildman–Crippen LogP) is 2.74. The molecule has 23 heavy (non-hydrogen) atoms. The van der Waals surface area contributed by atoms with Gasteiger partial charge in [0.25, 0.3) is 0 Å². The summed E-state index contributed by atoms with van der Waals surface area (Å²) < 4.78 is 3.94. The van der Waals surface area contributed by atoms with Crippen molar-refractivity contribution in [3.8, 4) is 6.07 Å². The number of imidazole rings is 1. The molecule has 4 rings (SSSR count). The Morgan fingerprint density at radius 1 is 0.957 bits per heavy atom. The van der Waals surface area contributed by atoms with Gasteiger partial charge in [-0.25, -0.2) is 9.67 Å². The molecule has 112 valence electrons. The highest BCUT2D eigenvalue weighted by Gasteiger charge is 2.12. The normalized spacial score (nSPS) is 11.1. The molecule has 2 aromatic carbocycles. The van der Waals surface area contributed by atoms with Crippen LogP contribution in [0.25, 0.3) is 22.1 Å². The highest BCUT2D eigenvalue weighted by atomic mass is 15.4. The van der Waals surface area contributed by atoms with Crippen molar-refractivity contribution in [3.63, 3.8) is 0 Å².